The average molecular weight is 714 g/mol. The van der Waals surface area contributed by atoms with Gasteiger partial charge in [0.1, 0.15) is 12.6 Å². The minimum Gasteiger partial charge on any atom is -0.463 e. The van der Waals surface area contributed by atoms with E-state index in [1.54, 1.807) is 0 Å². The second-order valence-corrected chi connectivity index (χ2v) is 14.6. The van der Waals surface area contributed by atoms with Crippen LogP contribution >= 0.6 is 0 Å². The van der Waals surface area contributed by atoms with E-state index in [1.807, 2.05) is 0 Å². The molecule has 0 rings (SSSR count). The second-order valence-electron chi connectivity index (χ2n) is 14.6. The molecule has 0 bridgehead atoms. The molecule has 1 atom stereocenters. The molecule has 2 N–H and O–H groups in total. The number of unbranched alkanes of at least 4 members (excludes halogenated alkanes) is 18. The number of amides is 1. The van der Waals surface area contributed by atoms with E-state index < -0.39 is 6.04 Å². The molecule has 0 spiro atoms. The van der Waals surface area contributed by atoms with Crippen LogP contribution < -0.4 is 10.6 Å². The zero-order valence-electron chi connectivity index (χ0n) is 34.1. The largest absolute Gasteiger partial charge is 0.463 e. The molecule has 6 heteroatoms. The Morgan fingerprint density at radius 2 is 1.02 bits per heavy atom. The van der Waals surface area contributed by atoms with E-state index in [0.717, 1.165) is 77.3 Å². The number of allylic oxidation sites excluding steroid dienone is 8. The van der Waals surface area contributed by atoms with Crippen molar-refractivity contribution in [2.45, 2.75) is 187 Å². The summed E-state index contributed by atoms with van der Waals surface area (Å²) in [5.74, 6) is -0.252. The molecule has 0 radical (unpaired) electrons. The standard InChI is InChI=1S/C45H83N3O3/c1-5-7-9-11-13-15-17-19-21-23-25-27-29-31-33-35-40-47-45(50)43(46-39-36-37-41-48(3)4)42-51-44(49)38-34-32-30-28-26-24-22-20-18-16-14-12-10-8-6-2/h12-15,18-21,43,46H,5-11,16-17,22-42H2,1-4H3,(H,47,50)/b14-12-,15-13-,20-18-,21-19-. The van der Waals surface area contributed by atoms with E-state index in [1.165, 1.54) is 96.3 Å². The third kappa shape index (κ3) is 38.9. The van der Waals surface area contributed by atoms with E-state index in [-0.39, 0.29) is 18.5 Å². The first-order chi connectivity index (χ1) is 25.0. The summed E-state index contributed by atoms with van der Waals surface area (Å²) in [4.78, 5) is 27.7. The molecule has 0 aliphatic heterocycles. The Morgan fingerprint density at radius 1 is 0.549 bits per heavy atom. The fourth-order valence-corrected chi connectivity index (χ4v) is 5.82. The zero-order valence-corrected chi connectivity index (χ0v) is 34.1. The average Bonchev–Trinajstić information content (AvgIpc) is 3.12. The van der Waals surface area contributed by atoms with Gasteiger partial charge in [0.2, 0.25) is 5.91 Å². The molecule has 1 amide bonds. The summed E-state index contributed by atoms with van der Waals surface area (Å²) < 4.78 is 5.59. The van der Waals surface area contributed by atoms with Crippen LogP contribution in [0.3, 0.4) is 0 Å². The highest BCUT2D eigenvalue weighted by atomic mass is 16.5. The number of carbonyl (C=O) groups excluding carboxylic acids is 2. The van der Waals surface area contributed by atoms with E-state index >= 15 is 0 Å². The SMILES string of the molecule is CCCC/C=C\C/C=C\CCCCCCCCC(=O)OCC(NCCCCN(C)C)C(=O)NCCCCCCCC/C=C\C/C=C\CCCCC. The van der Waals surface area contributed by atoms with Crippen molar-refractivity contribution in [3.05, 3.63) is 48.6 Å². The molecule has 0 heterocycles. The zero-order chi connectivity index (χ0) is 37.3. The molecule has 0 aromatic carbocycles. The number of carbonyl (C=O) groups is 2. The van der Waals surface area contributed by atoms with E-state index in [4.69, 9.17) is 4.74 Å². The Balaban J connectivity index is 4.08. The fourth-order valence-electron chi connectivity index (χ4n) is 5.82. The predicted molar refractivity (Wildman–Crippen MR) is 222 cm³/mol. The van der Waals surface area contributed by atoms with Gasteiger partial charge >= 0.3 is 5.97 Å². The van der Waals surface area contributed by atoms with Crippen LogP contribution in [-0.2, 0) is 14.3 Å². The number of nitrogens with one attached hydrogen (secondary N) is 2. The molecule has 0 aromatic rings. The van der Waals surface area contributed by atoms with Crippen LogP contribution in [0.5, 0.6) is 0 Å². The lowest BCUT2D eigenvalue weighted by molar-refractivity contribution is -0.145. The van der Waals surface area contributed by atoms with E-state index in [9.17, 15) is 9.59 Å². The summed E-state index contributed by atoms with van der Waals surface area (Å²) in [6.45, 7) is 7.02. The van der Waals surface area contributed by atoms with Gasteiger partial charge in [0.05, 0.1) is 0 Å². The minimum absolute atomic E-state index is 0.0590. The number of hydrogen-bond acceptors (Lipinski definition) is 5. The molecule has 0 aliphatic rings. The van der Waals surface area contributed by atoms with Crippen molar-refractivity contribution >= 4 is 11.9 Å². The smallest absolute Gasteiger partial charge is 0.305 e. The van der Waals surface area contributed by atoms with Gasteiger partial charge in [0.25, 0.3) is 0 Å². The Kier molecular flexibility index (Phi) is 38.9. The van der Waals surface area contributed by atoms with Gasteiger partial charge in [0, 0.05) is 13.0 Å². The van der Waals surface area contributed by atoms with Gasteiger partial charge < -0.3 is 20.3 Å². The minimum atomic E-state index is -0.496. The number of nitrogens with zero attached hydrogens (tertiary/aromatic N) is 1. The van der Waals surface area contributed by atoms with Gasteiger partial charge in [0.15, 0.2) is 0 Å². The highest BCUT2D eigenvalue weighted by molar-refractivity contribution is 5.82. The van der Waals surface area contributed by atoms with Crippen LogP contribution in [0.15, 0.2) is 48.6 Å². The van der Waals surface area contributed by atoms with Crippen molar-refractivity contribution in [2.75, 3.05) is 40.3 Å². The maximum Gasteiger partial charge on any atom is 0.305 e. The Labute approximate surface area is 316 Å². The third-order valence-electron chi connectivity index (χ3n) is 9.16. The van der Waals surface area contributed by atoms with E-state index in [2.05, 4.69) is 92.1 Å². The lowest BCUT2D eigenvalue weighted by Gasteiger charge is -2.19. The van der Waals surface area contributed by atoms with Crippen molar-refractivity contribution in [1.82, 2.24) is 15.5 Å². The van der Waals surface area contributed by atoms with Gasteiger partial charge in [-0.05, 0) is 111 Å². The lowest BCUT2D eigenvalue weighted by atomic mass is 10.1. The molecule has 0 aromatic heterocycles. The molecular weight excluding hydrogens is 631 g/mol. The molecule has 0 saturated heterocycles. The monoisotopic (exact) mass is 714 g/mol. The van der Waals surface area contributed by atoms with Gasteiger partial charge in [-0.1, -0.05) is 140 Å². The Morgan fingerprint density at radius 3 is 1.57 bits per heavy atom. The summed E-state index contributed by atoms with van der Waals surface area (Å²) in [5.41, 5.74) is 0. The van der Waals surface area contributed by atoms with Crippen LogP contribution in [0.2, 0.25) is 0 Å². The van der Waals surface area contributed by atoms with Crippen LogP contribution in [0.1, 0.15) is 181 Å². The first kappa shape index (κ1) is 48.8. The van der Waals surface area contributed by atoms with Gasteiger partial charge in [-0.15, -0.1) is 0 Å². The first-order valence-electron chi connectivity index (χ1n) is 21.4. The van der Waals surface area contributed by atoms with E-state index in [0.29, 0.717) is 13.0 Å². The summed E-state index contributed by atoms with van der Waals surface area (Å²) in [6, 6.07) is -0.496. The van der Waals surface area contributed by atoms with Crippen molar-refractivity contribution in [3.63, 3.8) is 0 Å². The molecule has 6 nitrogen and oxygen atoms in total. The van der Waals surface area contributed by atoms with Crippen molar-refractivity contribution in [2.24, 2.45) is 0 Å². The van der Waals surface area contributed by atoms with Crippen LogP contribution in [0.4, 0.5) is 0 Å². The van der Waals surface area contributed by atoms with Crippen LogP contribution in [-0.4, -0.2) is 63.2 Å². The molecule has 0 saturated carbocycles. The molecule has 1 unspecified atom stereocenters. The second kappa shape index (κ2) is 40.6. The van der Waals surface area contributed by atoms with Gasteiger partial charge in [-0.3, -0.25) is 9.59 Å². The predicted octanol–water partition coefficient (Wildman–Crippen LogP) is 11.6. The number of hydrogen-bond donors (Lipinski definition) is 2. The van der Waals surface area contributed by atoms with Crippen molar-refractivity contribution in [3.8, 4) is 0 Å². The van der Waals surface area contributed by atoms with Crippen molar-refractivity contribution < 1.29 is 14.3 Å². The highest BCUT2D eigenvalue weighted by Gasteiger charge is 2.19. The fraction of sp³-hybridized carbons (Fsp3) is 0.778. The summed E-state index contributed by atoms with van der Waals surface area (Å²) >= 11 is 0. The normalized spacial score (nSPS) is 12.7. The maximum absolute atomic E-state index is 13.0. The van der Waals surface area contributed by atoms with Gasteiger partial charge in [-0.2, -0.15) is 0 Å². The van der Waals surface area contributed by atoms with Crippen LogP contribution in [0, 0.1) is 0 Å². The topological polar surface area (TPSA) is 70.7 Å². The number of ether oxygens (including phenoxy) is 1. The molecule has 0 fully saturated rings. The highest BCUT2D eigenvalue weighted by Crippen LogP contribution is 2.11. The first-order valence-corrected chi connectivity index (χ1v) is 21.4. The molecule has 51 heavy (non-hydrogen) atoms. The summed E-state index contributed by atoms with van der Waals surface area (Å²) in [7, 11) is 4.15. The van der Waals surface area contributed by atoms with Crippen molar-refractivity contribution in [1.29, 1.82) is 0 Å². The number of esters is 1. The van der Waals surface area contributed by atoms with Crippen LogP contribution in [0.25, 0.3) is 0 Å². The number of rotatable bonds is 38. The Hall–Kier alpha value is -2.18. The third-order valence-corrected chi connectivity index (χ3v) is 9.16. The maximum atomic E-state index is 13.0. The lowest BCUT2D eigenvalue weighted by Crippen LogP contribution is -2.48. The quantitative estimate of drug-likeness (QED) is 0.0379. The Bertz CT molecular complexity index is 880. The molecular formula is C45H83N3O3. The summed E-state index contributed by atoms with van der Waals surface area (Å²) in [6.07, 6.45) is 48.1. The molecule has 296 valence electrons. The van der Waals surface area contributed by atoms with Gasteiger partial charge in [-0.25, -0.2) is 0 Å². The molecule has 0 aliphatic carbocycles. The summed E-state index contributed by atoms with van der Waals surface area (Å²) in [5, 5.41) is 6.44.